The van der Waals surface area contributed by atoms with Crippen molar-refractivity contribution in [1.29, 1.82) is 0 Å². The van der Waals surface area contributed by atoms with Crippen LogP contribution in [0, 0.1) is 11.8 Å². The minimum absolute atomic E-state index is 0.0343. The molecule has 1 heterocycles. The molecule has 2 nitrogen and oxygen atoms in total. The molecule has 3 rings (SSSR count). The van der Waals surface area contributed by atoms with Crippen molar-refractivity contribution >= 4 is 15.9 Å². The first-order valence-corrected chi connectivity index (χ1v) is 9.04. The highest BCUT2D eigenvalue weighted by molar-refractivity contribution is 9.10. The van der Waals surface area contributed by atoms with Gasteiger partial charge in [-0.1, -0.05) is 42.8 Å². The van der Waals surface area contributed by atoms with E-state index in [-0.39, 0.29) is 5.60 Å². The molecule has 116 valence electrons. The maximum absolute atomic E-state index is 6.57. The molecule has 1 aliphatic carbocycles. The smallest absolute Gasteiger partial charge is 0.126 e. The molecule has 0 saturated heterocycles. The second kappa shape index (κ2) is 5.92. The quantitative estimate of drug-likeness (QED) is 0.802. The Morgan fingerprint density at radius 1 is 1.29 bits per heavy atom. The van der Waals surface area contributed by atoms with Gasteiger partial charge in [-0.2, -0.15) is 0 Å². The molecule has 3 heteroatoms. The van der Waals surface area contributed by atoms with E-state index in [4.69, 9.17) is 4.74 Å². The van der Waals surface area contributed by atoms with Gasteiger partial charge in [-0.25, -0.2) is 0 Å². The van der Waals surface area contributed by atoms with E-state index in [1.54, 1.807) is 0 Å². The molecule has 0 amide bonds. The van der Waals surface area contributed by atoms with Gasteiger partial charge in [0.25, 0.3) is 0 Å². The fourth-order valence-corrected chi connectivity index (χ4v) is 4.35. The zero-order valence-electron chi connectivity index (χ0n) is 13.3. The van der Waals surface area contributed by atoms with Crippen LogP contribution in [0.4, 0.5) is 0 Å². The number of nitrogens with one attached hydrogen (secondary N) is 1. The van der Waals surface area contributed by atoms with Gasteiger partial charge in [0.05, 0.1) is 0 Å². The highest BCUT2D eigenvalue weighted by Crippen LogP contribution is 2.49. The third-order valence-electron chi connectivity index (χ3n) is 5.42. The van der Waals surface area contributed by atoms with E-state index in [1.807, 2.05) is 0 Å². The average molecular weight is 352 g/mol. The SMILES string of the molecule is CCNC1CC2(CCC(C)C(C)C2)Oc2cc(Br)ccc21. The Balaban J connectivity index is 1.92. The summed E-state index contributed by atoms with van der Waals surface area (Å²) in [6.07, 6.45) is 4.75. The van der Waals surface area contributed by atoms with Crippen LogP contribution in [0.2, 0.25) is 0 Å². The van der Waals surface area contributed by atoms with Crippen molar-refractivity contribution in [2.75, 3.05) is 6.54 Å². The van der Waals surface area contributed by atoms with Crippen LogP contribution in [-0.2, 0) is 0 Å². The maximum Gasteiger partial charge on any atom is 0.126 e. The Hall–Kier alpha value is -0.540. The van der Waals surface area contributed by atoms with Crippen molar-refractivity contribution in [1.82, 2.24) is 5.32 Å². The highest BCUT2D eigenvalue weighted by atomic mass is 79.9. The van der Waals surface area contributed by atoms with Crippen LogP contribution in [-0.4, -0.2) is 12.1 Å². The van der Waals surface area contributed by atoms with Gasteiger partial charge in [0.15, 0.2) is 0 Å². The molecule has 1 N–H and O–H groups in total. The molecule has 4 atom stereocenters. The topological polar surface area (TPSA) is 21.3 Å². The summed E-state index contributed by atoms with van der Waals surface area (Å²) in [4.78, 5) is 0. The van der Waals surface area contributed by atoms with E-state index < -0.39 is 0 Å². The molecule has 0 radical (unpaired) electrons. The van der Waals surface area contributed by atoms with Gasteiger partial charge in [0.2, 0.25) is 0 Å². The Kier molecular flexibility index (Phi) is 4.33. The third kappa shape index (κ3) is 3.00. The standard InChI is InChI=1S/C18H26BrNO/c1-4-20-16-11-18(8-7-12(2)13(3)10-18)21-17-9-14(19)5-6-15(16)17/h5-6,9,12-13,16,20H,4,7-8,10-11H2,1-3H3. The number of hydrogen-bond donors (Lipinski definition) is 1. The van der Waals surface area contributed by atoms with E-state index in [0.717, 1.165) is 35.0 Å². The molecule has 21 heavy (non-hydrogen) atoms. The molecule has 1 aromatic rings. The van der Waals surface area contributed by atoms with E-state index in [1.165, 1.54) is 24.8 Å². The number of halogens is 1. The van der Waals surface area contributed by atoms with Crippen molar-refractivity contribution in [2.45, 2.75) is 58.1 Å². The Labute approximate surface area is 136 Å². The number of rotatable bonds is 2. The molecule has 1 aromatic carbocycles. The van der Waals surface area contributed by atoms with Crippen LogP contribution < -0.4 is 10.1 Å². The fourth-order valence-electron chi connectivity index (χ4n) is 4.01. The summed E-state index contributed by atoms with van der Waals surface area (Å²) in [5.74, 6) is 2.64. The van der Waals surface area contributed by atoms with Crippen molar-refractivity contribution in [3.8, 4) is 5.75 Å². The highest BCUT2D eigenvalue weighted by Gasteiger charge is 2.44. The molecule has 2 aliphatic rings. The van der Waals surface area contributed by atoms with Gasteiger partial charge >= 0.3 is 0 Å². The summed E-state index contributed by atoms with van der Waals surface area (Å²) in [5.41, 5.74) is 1.35. The first kappa shape index (κ1) is 15.4. The first-order valence-electron chi connectivity index (χ1n) is 8.25. The zero-order valence-corrected chi connectivity index (χ0v) is 14.9. The number of ether oxygens (including phenoxy) is 1. The lowest BCUT2D eigenvalue weighted by atomic mass is 9.69. The van der Waals surface area contributed by atoms with Gasteiger partial charge in [0.1, 0.15) is 11.4 Å². The van der Waals surface area contributed by atoms with Gasteiger partial charge in [-0.15, -0.1) is 0 Å². The molecular formula is C18H26BrNO. The normalized spacial score (nSPS) is 35.3. The second-order valence-corrected chi connectivity index (χ2v) is 7.89. The second-order valence-electron chi connectivity index (χ2n) is 6.98. The number of benzene rings is 1. The van der Waals surface area contributed by atoms with E-state index >= 15 is 0 Å². The van der Waals surface area contributed by atoms with Gasteiger partial charge in [-0.05, 0) is 49.8 Å². The lowest BCUT2D eigenvalue weighted by molar-refractivity contribution is -0.0322. The molecule has 1 fully saturated rings. The van der Waals surface area contributed by atoms with Crippen LogP contribution in [0.25, 0.3) is 0 Å². The first-order chi connectivity index (χ1) is 10.0. The van der Waals surface area contributed by atoms with Gasteiger partial charge < -0.3 is 10.1 Å². The number of fused-ring (bicyclic) bond motifs is 1. The summed E-state index contributed by atoms with van der Waals surface area (Å²) >= 11 is 3.58. The minimum Gasteiger partial charge on any atom is -0.487 e. The Bertz CT molecular complexity index is 518. The fraction of sp³-hybridized carbons (Fsp3) is 0.667. The Morgan fingerprint density at radius 3 is 2.81 bits per heavy atom. The predicted molar refractivity (Wildman–Crippen MR) is 90.7 cm³/mol. The summed E-state index contributed by atoms with van der Waals surface area (Å²) in [7, 11) is 0. The van der Waals surface area contributed by atoms with Crippen LogP contribution >= 0.6 is 15.9 Å². The minimum atomic E-state index is 0.0343. The van der Waals surface area contributed by atoms with Crippen LogP contribution in [0.5, 0.6) is 5.75 Å². The monoisotopic (exact) mass is 351 g/mol. The lowest BCUT2D eigenvalue weighted by Gasteiger charge is -2.48. The third-order valence-corrected chi connectivity index (χ3v) is 5.92. The van der Waals surface area contributed by atoms with Crippen LogP contribution in [0.15, 0.2) is 22.7 Å². The molecule has 0 aromatic heterocycles. The van der Waals surface area contributed by atoms with Gasteiger partial charge in [0, 0.05) is 22.5 Å². The summed E-state index contributed by atoms with van der Waals surface area (Å²) in [6, 6.07) is 6.89. The maximum atomic E-state index is 6.57. The molecule has 0 bridgehead atoms. The molecule has 1 saturated carbocycles. The molecule has 1 spiro atoms. The van der Waals surface area contributed by atoms with E-state index in [0.29, 0.717) is 6.04 Å². The van der Waals surface area contributed by atoms with Gasteiger partial charge in [-0.3, -0.25) is 0 Å². The lowest BCUT2D eigenvalue weighted by Crippen LogP contribution is -2.48. The van der Waals surface area contributed by atoms with Crippen molar-refractivity contribution in [2.24, 2.45) is 11.8 Å². The zero-order chi connectivity index (χ0) is 15.0. The number of hydrogen-bond acceptors (Lipinski definition) is 2. The largest absolute Gasteiger partial charge is 0.487 e. The molecule has 4 unspecified atom stereocenters. The summed E-state index contributed by atoms with van der Waals surface area (Å²) < 4.78 is 7.67. The van der Waals surface area contributed by atoms with Crippen molar-refractivity contribution in [3.63, 3.8) is 0 Å². The van der Waals surface area contributed by atoms with Crippen molar-refractivity contribution < 1.29 is 4.74 Å². The van der Waals surface area contributed by atoms with Crippen molar-refractivity contribution in [3.05, 3.63) is 28.2 Å². The summed E-state index contributed by atoms with van der Waals surface area (Å²) in [6.45, 7) is 7.95. The van der Waals surface area contributed by atoms with E-state index in [9.17, 15) is 0 Å². The Morgan fingerprint density at radius 2 is 2.10 bits per heavy atom. The molecule has 1 aliphatic heterocycles. The van der Waals surface area contributed by atoms with E-state index in [2.05, 4.69) is 60.2 Å². The molecular weight excluding hydrogens is 326 g/mol. The average Bonchev–Trinajstić information content (AvgIpc) is 2.43. The predicted octanol–water partition coefficient (Wildman–Crippen LogP) is 5.08. The summed E-state index contributed by atoms with van der Waals surface area (Å²) in [5, 5.41) is 3.66. The van der Waals surface area contributed by atoms with Crippen LogP contribution in [0.3, 0.4) is 0 Å². The van der Waals surface area contributed by atoms with Crippen LogP contribution in [0.1, 0.15) is 58.1 Å².